The number of rotatable bonds is 2. The van der Waals surface area contributed by atoms with Gasteiger partial charge in [0.15, 0.2) is 0 Å². The summed E-state index contributed by atoms with van der Waals surface area (Å²) >= 11 is 0. The number of aryl methyl sites for hydroxylation is 1. The standard InChI is InChI=1S/C12H15NO2S/c1-8-3-4-11-10(5-8)6-12(9(2)7-13)16(11,14)15/h3-6,9H,7,13H2,1-2H3. The monoisotopic (exact) mass is 237 g/mol. The lowest BCUT2D eigenvalue weighted by Gasteiger charge is -2.09. The molecule has 0 aliphatic carbocycles. The zero-order chi connectivity index (χ0) is 11.9. The summed E-state index contributed by atoms with van der Waals surface area (Å²) in [6, 6.07) is 5.39. The Morgan fingerprint density at radius 3 is 2.69 bits per heavy atom. The fourth-order valence-electron chi connectivity index (χ4n) is 1.91. The molecule has 1 heterocycles. The van der Waals surface area contributed by atoms with E-state index in [4.69, 9.17) is 5.73 Å². The molecule has 1 aliphatic rings. The fourth-order valence-corrected chi connectivity index (χ4v) is 3.74. The summed E-state index contributed by atoms with van der Waals surface area (Å²) in [5, 5.41) is 0. The van der Waals surface area contributed by atoms with Gasteiger partial charge in [-0.15, -0.1) is 0 Å². The lowest BCUT2D eigenvalue weighted by atomic mass is 10.1. The van der Waals surface area contributed by atoms with Crippen molar-refractivity contribution >= 4 is 15.9 Å². The molecule has 2 N–H and O–H groups in total. The number of sulfone groups is 1. The molecular weight excluding hydrogens is 222 g/mol. The highest BCUT2D eigenvalue weighted by Gasteiger charge is 2.31. The fraction of sp³-hybridized carbons (Fsp3) is 0.333. The second kappa shape index (κ2) is 3.71. The predicted molar refractivity (Wildman–Crippen MR) is 64.6 cm³/mol. The summed E-state index contributed by atoms with van der Waals surface area (Å²) in [6.45, 7) is 4.13. The average molecular weight is 237 g/mol. The van der Waals surface area contributed by atoms with Gasteiger partial charge in [0.1, 0.15) is 0 Å². The SMILES string of the molecule is Cc1ccc2c(c1)C=C(C(C)CN)S2(=O)=O. The molecule has 16 heavy (non-hydrogen) atoms. The molecule has 0 bridgehead atoms. The number of hydrogen-bond acceptors (Lipinski definition) is 3. The van der Waals surface area contributed by atoms with Gasteiger partial charge in [0.05, 0.1) is 9.80 Å². The molecule has 0 radical (unpaired) electrons. The molecule has 4 heteroatoms. The molecule has 0 saturated carbocycles. The van der Waals surface area contributed by atoms with E-state index in [0.29, 0.717) is 16.3 Å². The summed E-state index contributed by atoms with van der Waals surface area (Å²) in [5.74, 6) is -0.127. The van der Waals surface area contributed by atoms with Gasteiger partial charge in [-0.1, -0.05) is 24.6 Å². The molecule has 0 fully saturated rings. The molecule has 0 saturated heterocycles. The van der Waals surface area contributed by atoms with Crippen molar-refractivity contribution in [2.45, 2.75) is 18.7 Å². The highest BCUT2D eigenvalue weighted by Crippen LogP contribution is 2.36. The Morgan fingerprint density at radius 2 is 2.06 bits per heavy atom. The molecular formula is C12H15NO2S. The van der Waals surface area contributed by atoms with Crippen molar-refractivity contribution in [3.8, 4) is 0 Å². The van der Waals surface area contributed by atoms with Gasteiger partial charge in [-0.25, -0.2) is 8.42 Å². The van der Waals surface area contributed by atoms with Crippen LogP contribution in [0, 0.1) is 12.8 Å². The summed E-state index contributed by atoms with van der Waals surface area (Å²) in [5.41, 5.74) is 7.38. The first kappa shape index (κ1) is 11.4. The molecule has 2 rings (SSSR count). The van der Waals surface area contributed by atoms with E-state index in [0.717, 1.165) is 11.1 Å². The molecule has 1 aromatic carbocycles. The van der Waals surface area contributed by atoms with Crippen LogP contribution in [-0.2, 0) is 9.84 Å². The van der Waals surface area contributed by atoms with Crippen molar-refractivity contribution in [3.05, 3.63) is 34.2 Å². The van der Waals surface area contributed by atoms with Crippen molar-refractivity contribution in [2.75, 3.05) is 6.54 Å². The van der Waals surface area contributed by atoms with E-state index in [-0.39, 0.29) is 5.92 Å². The van der Waals surface area contributed by atoms with Crippen LogP contribution in [0.3, 0.4) is 0 Å². The molecule has 1 aromatic rings. The van der Waals surface area contributed by atoms with E-state index >= 15 is 0 Å². The number of benzene rings is 1. The Labute approximate surface area is 95.9 Å². The van der Waals surface area contributed by atoms with E-state index in [2.05, 4.69) is 0 Å². The van der Waals surface area contributed by atoms with Crippen LogP contribution in [0.15, 0.2) is 28.0 Å². The lowest BCUT2D eigenvalue weighted by Crippen LogP contribution is -2.17. The van der Waals surface area contributed by atoms with Crippen LogP contribution in [-0.4, -0.2) is 15.0 Å². The van der Waals surface area contributed by atoms with Gasteiger partial charge in [-0.2, -0.15) is 0 Å². The molecule has 1 atom stereocenters. The zero-order valence-corrected chi connectivity index (χ0v) is 10.2. The van der Waals surface area contributed by atoms with Crippen molar-refractivity contribution < 1.29 is 8.42 Å². The first-order valence-corrected chi connectivity index (χ1v) is 6.72. The van der Waals surface area contributed by atoms with E-state index in [1.165, 1.54) is 0 Å². The van der Waals surface area contributed by atoms with Crippen LogP contribution in [0.4, 0.5) is 0 Å². The van der Waals surface area contributed by atoms with Gasteiger partial charge in [0.2, 0.25) is 9.84 Å². The molecule has 1 aliphatic heterocycles. The van der Waals surface area contributed by atoms with Crippen molar-refractivity contribution in [1.82, 2.24) is 0 Å². The Hall–Kier alpha value is -1.13. The Bertz CT molecular complexity index is 558. The van der Waals surface area contributed by atoms with Crippen molar-refractivity contribution in [3.63, 3.8) is 0 Å². The van der Waals surface area contributed by atoms with Crippen molar-refractivity contribution in [1.29, 1.82) is 0 Å². The van der Waals surface area contributed by atoms with Gasteiger partial charge in [-0.05, 0) is 31.2 Å². The summed E-state index contributed by atoms with van der Waals surface area (Å²) in [7, 11) is -3.29. The summed E-state index contributed by atoms with van der Waals surface area (Å²) in [4.78, 5) is 0.851. The molecule has 0 spiro atoms. The molecule has 86 valence electrons. The maximum absolute atomic E-state index is 12.2. The summed E-state index contributed by atoms with van der Waals surface area (Å²) < 4.78 is 24.3. The third-order valence-electron chi connectivity index (χ3n) is 2.90. The molecule has 0 aromatic heterocycles. The number of nitrogens with two attached hydrogens (primary N) is 1. The maximum atomic E-state index is 12.2. The Balaban J connectivity index is 2.61. The van der Waals surface area contributed by atoms with Gasteiger partial charge in [-0.3, -0.25) is 0 Å². The first-order valence-electron chi connectivity index (χ1n) is 5.24. The zero-order valence-electron chi connectivity index (χ0n) is 9.40. The van der Waals surface area contributed by atoms with Gasteiger partial charge in [0, 0.05) is 5.92 Å². The lowest BCUT2D eigenvalue weighted by molar-refractivity contribution is 0.594. The highest BCUT2D eigenvalue weighted by atomic mass is 32.2. The van der Waals surface area contributed by atoms with Gasteiger partial charge < -0.3 is 5.73 Å². The van der Waals surface area contributed by atoms with Crippen LogP contribution in [0.1, 0.15) is 18.1 Å². The normalized spacial score (nSPS) is 19.1. The largest absolute Gasteiger partial charge is 0.330 e. The second-order valence-electron chi connectivity index (χ2n) is 4.23. The number of fused-ring (bicyclic) bond motifs is 1. The van der Waals surface area contributed by atoms with Crippen LogP contribution < -0.4 is 5.73 Å². The van der Waals surface area contributed by atoms with Crippen molar-refractivity contribution in [2.24, 2.45) is 11.7 Å². The molecule has 1 unspecified atom stereocenters. The smallest absolute Gasteiger partial charge is 0.203 e. The second-order valence-corrected chi connectivity index (χ2v) is 6.15. The topological polar surface area (TPSA) is 60.2 Å². The van der Waals surface area contributed by atoms with E-state index in [1.807, 2.05) is 26.0 Å². The van der Waals surface area contributed by atoms with Crippen LogP contribution in [0.5, 0.6) is 0 Å². The average Bonchev–Trinajstić information content (AvgIpc) is 2.49. The molecule has 3 nitrogen and oxygen atoms in total. The minimum atomic E-state index is -3.29. The minimum Gasteiger partial charge on any atom is -0.330 e. The third-order valence-corrected chi connectivity index (χ3v) is 4.99. The van der Waals surface area contributed by atoms with E-state index < -0.39 is 9.84 Å². The quantitative estimate of drug-likeness (QED) is 0.852. The maximum Gasteiger partial charge on any atom is 0.203 e. The summed E-state index contributed by atoms with van der Waals surface area (Å²) in [6.07, 6.45) is 1.75. The van der Waals surface area contributed by atoms with Crippen LogP contribution >= 0.6 is 0 Å². The Kier molecular flexibility index (Phi) is 2.64. The third kappa shape index (κ3) is 1.58. The minimum absolute atomic E-state index is 0.127. The van der Waals surface area contributed by atoms with Gasteiger partial charge >= 0.3 is 0 Å². The predicted octanol–water partition coefficient (Wildman–Crippen LogP) is 1.72. The van der Waals surface area contributed by atoms with Crippen LogP contribution in [0.2, 0.25) is 0 Å². The van der Waals surface area contributed by atoms with E-state index in [1.54, 1.807) is 12.1 Å². The Morgan fingerprint density at radius 1 is 1.38 bits per heavy atom. The van der Waals surface area contributed by atoms with Gasteiger partial charge in [0.25, 0.3) is 0 Å². The molecule has 0 amide bonds. The number of hydrogen-bond donors (Lipinski definition) is 1. The van der Waals surface area contributed by atoms with Crippen LogP contribution in [0.25, 0.3) is 6.08 Å². The highest BCUT2D eigenvalue weighted by molar-refractivity contribution is 7.95. The first-order chi connectivity index (χ1) is 7.46. The van der Waals surface area contributed by atoms with E-state index in [9.17, 15) is 8.42 Å².